The number of aliphatic hydroxyl groups excluding tert-OH is 1. The van der Waals surface area contributed by atoms with Crippen molar-refractivity contribution in [2.75, 3.05) is 0 Å². The summed E-state index contributed by atoms with van der Waals surface area (Å²) in [6.45, 7) is 2.46. The molecule has 0 aliphatic rings. The van der Waals surface area contributed by atoms with E-state index in [2.05, 4.69) is 10.2 Å². The lowest BCUT2D eigenvalue weighted by molar-refractivity contribution is -0.137. The van der Waals surface area contributed by atoms with Crippen molar-refractivity contribution in [2.24, 2.45) is 10.2 Å². The number of hydrogen-bond acceptors (Lipinski definition) is 4. The van der Waals surface area contributed by atoms with Crippen LogP contribution in [0.4, 0.5) is 18.9 Å². The maximum Gasteiger partial charge on any atom is 0.416 e. The molecule has 1 aromatic rings. The molecule has 0 fully saturated rings. The summed E-state index contributed by atoms with van der Waals surface area (Å²) in [4.78, 5) is 11.1. The van der Waals surface area contributed by atoms with E-state index < -0.39 is 17.5 Å². The lowest BCUT2D eigenvalue weighted by Gasteiger charge is -2.05. The Kier molecular flexibility index (Phi) is 4.42. The van der Waals surface area contributed by atoms with E-state index in [1.807, 2.05) is 0 Å². The van der Waals surface area contributed by atoms with Crippen LogP contribution in [0.3, 0.4) is 0 Å². The van der Waals surface area contributed by atoms with Crippen LogP contribution < -0.4 is 0 Å². The summed E-state index contributed by atoms with van der Waals surface area (Å²) >= 11 is 0. The van der Waals surface area contributed by atoms with Crippen molar-refractivity contribution >= 4 is 11.5 Å². The van der Waals surface area contributed by atoms with Gasteiger partial charge in [0, 0.05) is 6.92 Å². The fourth-order valence-corrected chi connectivity index (χ4v) is 1.22. The third-order valence-electron chi connectivity index (χ3n) is 2.14. The normalized spacial score (nSPS) is 13.5. The number of azo groups is 1. The van der Waals surface area contributed by atoms with Gasteiger partial charge in [-0.05, 0) is 31.2 Å². The molecule has 0 aliphatic heterocycles. The van der Waals surface area contributed by atoms with Gasteiger partial charge in [-0.2, -0.15) is 18.3 Å². The third-order valence-corrected chi connectivity index (χ3v) is 2.14. The fraction of sp³-hybridized carbons (Fsp3) is 0.250. The van der Waals surface area contributed by atoms with Crippen molar-refractivity contribution in [3.8, 4) is 0 Å². The molecule has 0 aromatic heterocycles. The highest BCUT2D eigenvalue weighted by atomic mass is 19.4. The topological polar surface area (TPSA) is 62.0 Å². The second-order valence-electron chi connectivity index (χ2n) is 3.73. The van der Waals surface area contributed by atoms with Gasteiger partial charge in [0.2, 0.25) is 0 Å². The smallest absolute Gasteiger partial charge is 0.416 e. The monoisotopic (exact) mass is 272 g/mol. The number of hydrogen-bond donors (Lipinski definition) is 1. The summed E-state index contributed by atoms with van der Waals surface area (Å²) in [6, 6.07) is 3.96. The number of Topliss-reactive ketones (excluding diaryl/α,β-unsaturated/α-hetero) is 1. The number of halogens is 3. The summed E-state index contributed by atoms with van der Waals surface area (Å²) in [5.74, 6) is -0.793. The Hall–Kier alpha value is -2.18. The number of allylic oxidation sites excluding steroid dienone is 2. The van der Waals surface area contributed by atoms with E-state index in [-0.39, 0.29) is 17.1 Å². The first kappa shape index (κ1) is 14.9. The van der Waals surface area contributed by atoms with Crippen LogP contribution in [0.2, 0.25) is 0 Å². The van der Waals surface area contributed by atoms with Gasteiger partial charge in [-0.15, -0.1) is 5.11 Å². The highest BCUT2D eigenvalue weighted by Gasteiger charge is 2.29. The zero-order chi connectivity index (χ0) is 14.6. The minimum Gasteiger partial charge on any atom is -0.510 e. The molecular weight excluding hydrogens is 261 g/mol. The Balaban J connectivity index is 2.96. The van der Waals surface area contributed by atoms with Gasteiger partial charge < -0.3 is 5.11 Å². The molecule has 102 valence electrons. The fourth-order valence-electron chi connectivity index (χ4n) is 1.22. The summed E-state index contributed by atoms with van der Waals surface area (Å²) in [5, 5.41) is 16.3. The van der Waals surface area contributed by atoms with Crippen LogP contribution in [-0.4, -0.2) is 10.9 Å². The molecule has 1 rings (SSSR count). The predicted molar refractivity (Wildman–Crippen MR) is 62.0 cm³/mol. The summed E-state index contributed by atoms with van der Waals surface area (Å²) < 4.78 is 36.9. The van der Waals surface area contributed by atoms with E-state index in [1.54, 1.807) is 0 Å². The maximum atomic E-state index is 12.3. The molecule has 4 nitrogen and oxygen atoms in total. The van der Waals surface area contributed by atoms with Crippen LogP contribution in [0.25, 0.3) is 0 Å². The molecule has 0 saturated heterocycles. The average Bonchev–Trinajstić information content (AvgIpc) is 2.27. The minimum atomic E-state index is -4.41. The van der Waals surface area contributed by atoms with Crippen LogP contribution in [-0.2, 0) is 11.0 Å². The Morgan fingerprint density at radius 1 is 1.16 bits per heavy atom. The first-order chi connectivity index (χ1) is 8.71. The molecule has 0 amide bonds. The number of benzene rings is 1. The third kappa shape index (κ3) is 4.20. The molecule has 19 heavy (non-hydrogen) atoms. The van der Waals surface area contributed by atoms with Gasteiger partial charge in [0.05, 0.1) is 11.3 Å². The predicted octanol–water partition coefficient (Wildman–Crippen LogP) is 4.17. The van der Waals surface area contributed by atoms with Crippen LogP contribution in [0, 0.1) is 0 Å². The van der Waals surface area contributed by atoms with Crippen molar-refractivity contribution in [3.63, 3.8) is 0 Å². The van der Waals surface area contributed by atoms with E-state index in [9.17, 15) is 18.0 Å². The van der Waals surface area contributed by atoms with Gasteiger partial charge in [0.1, 0.15) is 5.76 Å². The van der Waals surface area contributed by atoms with E-state index in [0.717, 1.165) is 24.3 Å². The number of aliphatic hydroxyl groups is 1. The number of carbonyl (C=O) groups excluding carboxylic acids is 1. The lowest BCUT2D eigenvalue weighted by atomic mass is 10.2. The van der Waals surface area contributed by atoms with E-state index in [0.29, 0.717) is 0 Å². The molecular formula is C12H11F3N2O2. The van der Waals surface area contributed by atoms with Gasteiger partial charge in [0.15, 0.2) is 11.5 Å². The molecule has 1 aromatic carbocycles. The van der Waals surface area contributed by atoms with Crippen molar-refractivity contribution in [3.05, 3.63) is 41.3 Å². The maximum absolute atomic E-state index is 12.3. The highest BCUT2D eigenvalue weighted by Crippen LogP contribution is 2.30. The molecule has 0 aliphatic carbocycles. The summed E-state index contributed by atoms with van der Waals surface area (Å²) in [7, 11) is 0. The highest BCUT2D eigenvalue weighted by molar-refractivity contribution is 5.93. The van der Waals surface area contributed by atoms with Gasteiger partial charge in [0.25, 0.3) is 0 Å². The average molecular weight is 272 g/mol. The number of nitrogens with zero attached hydrogens (tertiary/aromatic N) is 2. The lowest BCUT2D eigenvalue weighted by Crippen LogP contribution is -2.03. The first-order valence-electron chi connectivity index (χ1n) is 5.21. The zero-order valence-corrected chi connectivity index (χ0v) is 10.2. The molecule has 0 heterocycles. The van der Waals surface area contributed by atoms with Crippen molar-refractivity contribution in [2.45, 2.75) is 20.0 Å². The molecule has 1 N–H and O–H groups in total. The Morgan fingerprint density at radius 3 is 2.05 bits per heavy atom. The van der Waals surface area contributed by atoms with Crippen molar-refractivity contribution in [1.29, 1.82) is 0 Å². The number of carbonyl (C=O) groups is 1. The van der Waals surface area contributed by atoms with Gasteiger partial charge in [-0.1, -0.05) is 0 Å². The second-order valence-corrected chi connectivity index (χ2v) is 3.73. The zero-order valence-electron chi connectivity index (χ0n) is 10.2. The SMILES string of the molecule is CC(=O)/C(N=Nc1ccc(C(F)(F)F)cc1)=C(\C)O. The van der Waals surface area contributed by atoms with Crippen LogP contribution >= 0.6 is 0 Å². The van der Waals surface area contributed by atoms with Gasteiger partial charge in [-0.3, -0.25) is 4.79 Å². The van der Waals surface area contributed by atoms with Gasteiger partial charge in [-0.25, -0.2) is 0 Å². The number of rotatable bonds is 3. The summed E-state index contributed by atoms with van der Waals surface area (Å²) in [6.07, 6.45) is -4.41. The van der Waals surface area contributed by atoms with Gasteiger partial charge >= 0.3 is 6.18 Å². The van der Waals surface area contributed by atoms with E-state index in [1.165, 1.54) is 13.8 Å². The number of alkyl halides is 3. The molecule has 0 atom stereocenters. The molecule has 0 bridgehead atoms. The van der Waals surface area contributed by atoms with Crippen LogP contribution in [0.5, 0.6) is 0 Å². The van der Waals surface area contributed by atoms with Crippen LogP contribution in [0.1, 0.15) is 19.4 Å². The molecule has 7 heteroatoms. The van der Waals surface area contributed by atoms with E-state index >= 15 is 0 Å². The summed E-state index contributed by atoms with van der Waals surface area (Å²) in [5.41, 5.74) is -0.889. The molecule has 0 saturated carbocycles. The standard InChI is InChI=1S/C12H11F3N2O2/c1-7(18)11(8(2)19)17-16-10-5-3-9(4-6-10)12(13,14)15/h3-6,18H,1-2H3/b11-7-,17-16?. The first-order valence-corrected chi connectivity index (χ1v) is 5.21. The Morgan fingerprint density at radius 2 is 1.68 bits per heavy atom. The number of ketones is 1. The molecule has 0 unspecified atom stereocenters. The minimum absolute atomic E-state index is 0.146. The van der Waals surface area contributed by atoms with Crippen LogP contribution in [0.15, 0.2) is 46.0 Å². The Labute approximate surface area is 107 Å². The quantitative estimate of drug-likeness (QED) is 0.510. The molecule has 0 spiro atoms. The van der Waals surface area contributed by atoms with Crippen molar-refractivity contribution in [1.82, 2.24) is 0 Å². The second kappa shape index (κ2) is 5.64. The largest absolute Gasteiger partial charge is 0.510 e. The van der Waals surface area contributed by atoms with Crippen molar-refractivity contribution < 1.29 is 23.1 Å². The Bertz CT molecular complexity index is 527. The molecule has 0 radical (unpaired) electrons. The van der Waals surface area contributed by atoms with E-state index in [4.69, 9.17) is 5.11 Å².